The topological polar surface area (TPSA) is 89.5 Å². The van der Waals surface area contributed by atoms with E-state index in [2.05, 4.69) is 62.0 Å². The van der Waals surface area contributed by atoms with Crippen LogP contribution in [0.25, 0.3) is 5.69 Å². The van der Waals surface area contributed by atoms with E-state index in [1.807, 2.05) is 19.9 Å². The molecule has 0 saturated heterocycles. The summed E-state index contributed by atoms with van der Waals surface area (Å²) in [5, 5.41) is 14.7. The van der Waals surface area contributed by atoms with Crippen molar-refractivity contribution in [2.45, 2.75) is 18.7 Å². The van der Waals surface area contributed by atoms with Crippen LogP contribution in [0.4, 0.5) is 5.69 Å². The summed E-state index contributed by atoms with van der Waals surface area (Å²) < 4.78 is 3.32. The Hall–Kier alpha value is -2.66. The molecule has 1 aromatic heterocycles. The van der Waals surface area contributed by atoms with Gasteiger partial charge in [0.05, 0.1) is 16.9 Å². The van der Waals surface area contributed by atoms with Crippen molar-refractivity contribution in [2.24, 2.45) is 5.10 Å². The quantitative estimate of drug-likeness (QED) is 0.154. The van der Waals surface area contributed by atoms with Crippen molar-refractivity contribution in [1.82, 2.24) is 9.99 Å². The van der Waals surface area contributed by atoms with Crippen LogP contribution in [0.3, 0.4) is 0 Å². The highest BCUT2D eigenvalue weighted by Gasteiger charge is 2.10. The Morgan fingerprint density at radius 2 is 1.87 bits per heavy atom. The summed E-state index contributed by atoms with van der Waals surface area (Å²) in [5.41, 5.74) is 6.67. The van der Waals surface area contributed by atoms with Gasteiger partial charge in [-0.05, 0) is 78.9 Å². The Kier molecular flexibility index (Phi) is 7.27. The van der Waals surface area contributed by atoms with Gasteiger partial charge in [-0.2, -0.15) is 5.10 Å². The normalized spacial score (nSPS) is 11.0. The molecule has 0 radical (unpaired) electrons. The standard InChI is InChI=1S/C21H19IN4O3S/c1-14-11-16(15(2)25(14)18-5-3-17(22)4-6-18)12-23-24-21(27)13-30-20-9-7-19(8-10-20)26(28)29/h3-12H,13H2,1-2H3,(H,24,27)/b23-12-. The number of nitro benzene ring substituents is 1. The average molecular weight is 534 g/mol. The molecule has 0 spiro atoms. The minimum atomic E-state index is -0.453. The maximum absolute atomic E-state index is 12.0. The number of hydrogen-bond donors (Lipinski definition) is 1. The van der Waals surface area contributed by atoms with Gasteiger partial charge in [-0.25, -0.2) is 5.43 Å². The molecule has 3 aromatic rings. The number of halogens is 1. The highest BCUT2D eigenvalue weighted by Crippen LogP contribution is 2.22. The molecule has 1 heterocycles. The minimum absolute atomic E-state index is 0.0243. The summed E-state index contributed by atoms with van der Waals surface area (Å²) in [4.78, 5) is 23.0. The third-order valence-corrected chi connectivity index (χ3v) is 6.10. The lowest BCUT2D eigenvalue weighted by Crippen LogP contribution is -2.19. The number of carbonyl (C=O) groups is 1. The van der Waals surface area contributed by atoms with Crippen molar-refractivity contribution in [1.29, 1.82) is 0 Å². The van der Waals surface area contributed by atoms with E-state index in [1.54, 1.807) is 18.3 Å². The van der Waals surface area contributed by atoms with E-state index in [9.17, 15) is 14.9 Å². The molecule has 0 aliphatic rings. The van der Waals surface area contributed by atoms with E-state index in [1.165, 1.54) is 27.5 Å². The second kappa shape index (κ2) is 9.90. The lowest BCUT2D eigenvalue weighted by atomic mass is 10.2. The molecule has 0 aliphatic heterocycles. The summed E-state index contributed by atoms with van der Waals surface area (Å²) >= 11 is 3.57. The molecule has 9 heteroatoms. The van der Waals surface area contributed by atoms with Crippen molar-refractivity contribution >= 4 is 52.2 Å². The lowest BCUT2D eigenvalue weighted by molar-refractivity contribution is -0.384. The first-order valence-electron chi connectivity index (χ1n) is 8.99. The van der Waals surface area contributed by atoms with Crippen LogP contribution in [0.5, 0.6) is 0 Å². The molecule has 0 atom stereocenters. The first kappa shape index (κ1) is 22.0. The number of aromatic nitrogens is 1. The van der Waals surface area contributed by atoms with E-state index < -0.39 is 4.92 Å². The molecule has 1 amide bonds. The molecule has 3 rings (SSSR count). The molecule has 2 aromatic carbocycles. The van der Waals surface area contributed by atoms with Gasteiger partial charge in [0.15, 0.2) is 0 Å². The number of nitrogens with zero attached hydrogens (tertiary/aromatic N) is 3. The summed E-state index contributed by atoms with van der Waals surface area (Å²) in [5.74, 6) is -0.0855. The zero-order chi connectivity index (χ0) is 21.7. The zero-order valence-corrected chi connectivity index (χ0v) is 19.3. The van der Waals surface area contributed by atoms with Gasteiger partial charge in [-0.15, -0.1) is 11.8 Å². The van der Waals surface area contributed by atoms with Crippen LogP contribution in [0.15, 0.2) is 64.6 Å². The van der Waals surface area contributed by atoms with Gasteiger partial charge in [0.1, 0.15) is 0 Å². The highest BCUT2D eigenvalue weighted by molar-refractivity contribution is 14.1. The Morgan fingerprint density at radius 3 is 2.50 bits per heavy atom. The van der Waals surface area contributed by atoms with Gasteiger partial charge in [0.2, 0.25) is 5.91 Å². The van der Waals surface area contributed by atoms with Crippen molar-refractivity contribution in [3.05, 3.63) is 85.2 Å². The molecule has 154 valence electrons. The Bertz CT molecular complexity index is 1090. The molecule has 1 N–H and O–H groups in total. The van der Waals surface area contributed by atoms with E-state index in [0.717, 1.165) is 27.5 Å². The van der Waals surface area contributed by atoms with Gasteiger partial charge in [0, 0.05) is 43.2 Å². The minimum Gasteiger partial charge on any atom is -0.318 e. The number of thioether (sulfide) groups is 1. The third-order valence-electron chi connectivity index (χ3n) is 4.37. The number of amides is 1. The molecular formula is C21H19IN4O3S. The number of benzene rings is 2. The molecule has 7 nitrogen and oxygen atoms in total. The van der Waals surface area contributed by atoms with Crippen LogP contribution in [-0.2, 0) is 4.79 Å². The molecule has 0 aliphatic carbocycles. The Morgan fingerprint density at radius 1 is 1.20 bits per heavy atom. The van der Waals surface area contributed by atoms with Crippen LogP contribution in [0, 0.1) is 27.5 Å². The van der Waals surface area contributed by atoms with Gasteiger partial charge >= 0.3 is 0 Å². The molecule has 0 bridgehead atoms. The monoisotopic (exact) mass is 534 g/mol. The molecule has 0 saturated carbocycles. The predicted molar refractivity (Wildman–Crippen MR) is 128 cm³/mol. The summed E-state index contributed by atoms with van der Waals surface area (Å²) in [6.45, 7) is 4.04. The van der Waals surface area contributed by atoms with Gasteiger partial charge < -0.3 is 4.57 Å². The summed E-state index contributed by atoms with van der Waals surface area (Å²) in [6, 6.07) is 16.4. The second-order valence-electron chi connectivity index (χ2n) is 6.47. The highest BCUT2D eigenvalue weighted by atomic mass is 127. The van der Waals surface area contributed by atoms with Crippen molar-refractivity contribution in [3.8, 4) is 5.69 Å². The fourth-order valence-electron chi connectivity index (χ4n) is 2.92. The van der Waals surface area contributed by atoms with E-state index >= 15 is 0 Å². The SMILES string of the molecule is Cc1cc(/C=N\NC(=O)CSc2ccc([N+](=O)[O-])cc2)c(C)n1-c1ccc(I)cc1. The number of aryl methyl sites for hydroxylation is 1. The third kappa shape index (κ3) is 5.48. The van der Waals surface area contributed by atoms with Gasteiger partial charge in [0.25, 0.3) is 5.69 Å². The maximum atomic E-state index is 12.0. The Labute approximate surface area is 191 Å². The fourth-order valence-corrected chi connectivity index (χ4v) is 3.98. The summed E-state index contributed by atoms with van der Waals surface area (Å²) in [6.07, 6.45) is 1.64. The number of non-ortho nitro benzene ring substituents is 1. The molecule has 30 heavy (non-hydrogen) atoms. The van der Waals surface area contributed by atoms with Crippen LogP contribution >= 0.6 is 34.4 Å². The summed E-state index contributed by atoms with van der Waals surface area (Å²) in [7, 11) is 0. The number of carbonyl (C=O) groups excluding carboxylic acids is 1. The van der Waals surface area contributed by atoms with Gasteiger partial charge in [-0.3, -0.25) is 14.9 Å². The van der Waals surface area contributed by atoms with Crippen LogP contribution in [0.1, 0.15) is 17.0 Å². The number of hydrazone groups is 1. The van der Waals surface area contributed by atoms with Crippen molar-refractivity contribution in [2.75, 3.05) is 5.75 Å². The van der Waals surface area contributed by atoms with E-state index in [0.29, 0.717) is 0 Å². The first-order valence-corrected chi connectivity index (χ1v) is 11.1. The van der Waals surface area contributed by atoms with Gasteiger partial charge in [-0.1, -0.05) is 0 Å². The lowest BCUT2D eigenvalue weighted by Gasteiger charge is -2.09. The number of nitro groups is 1. The fraction of sp³-hybridized carbons (Fsp3) is 0.143. The molecular weight excluding hydrogens is 515 g/mol. The number of hydrogen-bond acceptors (Lipinski definition) is 5. The van der Waals surface area contributed by atoms with E-state index in [4.69, 9.17) is 0 Å². The van der Waals surface area contributed by atoms with E-state index in [-0.39, 0.29) is 17.3 Å². The maximum Gasteiger partial charge on any atom is 0.269 e. The Balaban J connectivity index is 1.58. The first-order chi connectivity index (χ1) is 14.3. The molecule has 0 fully saturated rings. The zero-order valence-electron chi connectivity index (χ0n) is 16.3. The number of nitrogens with one attached hydrogen (secondary N) is 1. The number of rotatable bonds is 7. The largest absolute Gasteiger partial charge is 0.318 e. The van der Waals surface area contributed by atoms with Crippen LogP contribution in [0.2, 0.25) is 0 Å². The predicted octanol–water partition coefficient (Wildman–Crippen LogP) is 4.85. The molecule has 0 unspecified atom stereocenters. The van der Waals surface area contributed by atoms with Crippen LogP contribution in [-0.4, -0.2) is 27.4 Å². The average Bonchev–Trinajstić information content (AvgIpc) is 3.01. The van der Waals surface area contributed by atoms with Crippen molar-refractivity contribution in [3.63, 3.8) is 0 Å². The van der Waals surface area contributed by atoms with Crippen LogP contribution < -0.4 is 5.43 Å². The second-order valence-corrected chi connectivity index (χ2v) is 8.77. The smallest absolute Gasteiger partial charge is 0.269 e. The van der Waals surface area contributed by atoms with Crippen molar-refractivity contribution < 1.29 is 9.72 Å².